The average molecular weight is 318 g/mol. The predicted octanol–water partition coefficient (Wildman–Crippen LogP) is 4.01. The number of nitrogens with zero attached hydrogens (tertiary/aromatic N) is 2. The van der Waals surface area contributed by atoms with Gasteiger partial charge in [0.2, 0.25) is 5.91 Å². The second-order valence-corrected chi connectivity index (χ2v) is 6.76. The molecular weight excluding hydrogens is 296 g/mol. The van der Waals surface area contributed by atoms with E-state index < -0.39 is 0 Å². The van der Waals surface area contributed by atoms with E-state index in [9.17, 15) is 4.79 Å². The highest BCUT2D eigenvalue weighted by atomic mass is 16.2. The molecule has 1 aliphatic heterocycles. The summed E-state index contributed by atoms with van der Waals surface area (Å²) < 4.78 is 2.18. The van der Waals surface area contributed by atoms with Crippen LogP contribution >= 0.6 is 0 Å². The summed E-state index contributed by atoms with van der Waals surface area (Å²) in [5, 5.41) is 1.19. The van der Waals surface area contributed by atoms with Gasteiger partial charge in [0.05, 0.1) is 6.42 Å². The molecule has 2 heterocycles. The molecule has 1 aliphatic rings. The number of amides is 1. The number of rotatable bonds is 2. The molecule has 1 unspecified atom stereocenters. The Kier molecular flexibility index (Phi) is 3.45. The number of hydrogen-bond acceptors (Lipinski definition) is 1. The molecule has 0 bridgehead atoms. The lowest BCUT2D eigenvalue weighted by atomic mass is 10.1. The number of aromatic nitrogens is 1. The standard InChI is InChI=1S/C21H22N2O/c1-14-12-16-8-4-6-10-19(16)23(14)21(24)13-18-15(2)22(3)20-11-7-5-9-17(18)20/h4-11,14H,12-13H2,1-3H3. The van der Waals surface area contributed by atoms with Crippen LogP contribution in [0.15, 0.2) is 48.5 Å². The van der Waals surface area contributed by atoms with Gasteiger partial charge in [-0.1, -0.05) is 36.4 Å². The van der Waals surface area contributed by atoms with Crippen molar-refractivity contribution in [2.24, 2.45) is 7.05 Å². The summed E-state index contributed by atoms with van der Waals surface area (Å²) in [4.78, 5) is 15.1. The smallest absolute Gasteiger partial charge is 0.231 e. The van der Waals surface area contributed by atoms with E-state index in [4.69, 9.17) is 0 Å². The fraction of sp³-hybridized carbons (Fsp3) is 0.286. The van der Waals surface area contributed by atoms with Gasteiger partial charge in [-0.2, -0.15) is 0 Å². The topological polar surface area (TPSA) is 25.2 Å². The third-order valence-corrected chi connectivity index (χ3v) is 5.33. The van der Waals surface area contributed by atoms with Gasteiger partial charge >= 0.3 is 0 Å². The maximum absolute atomic E-state index is 13.1. The molecule has 0 fully saturated rings. The fourth-order valence-electron chi connectivity index (χ4n) is 4.00. The Morgan fingerprint density at radius 3 is 2.67 bits per heavy atom. The van der Waals surface area contributed by atoms with Crippen molar-refractivity contribution in [3.05, 3.63) is 65.4 Å². The van der Waals surface area contributed by atoms with E-state index in [1.807, 2.05) is 29.2 Å². The number of benzene rings is 2. The van der Waals surface area contributed by atoms with E-state index in [2.05, 4.69) is 49.7 Å². The maximum Gasteiger partial charge on any atom is 0.231 e. The Morgan fingerprint density at radius 1 is 1.12 bits per heavy atom. The van der Waals surface area contributed by atoms with E-state index in [-0.39, 0.29) is 11.9 Å². The molecule has 24 heavy (non-hydrogen) atoms. The third-order valence-electron chi connectivity index (χ3n) is 5.33. The summed E-state index contributed by atoms with van der Waals surface area (Å²) in [7, 11) is 2.07. The largest absolute Gasteiger partial charge is 0.348 e. The van der Waals surface area contributed by atoms with Crippen molar-refractivity contribution < 1.29 is 4.79 Å². The number of carbonyl (C=O) groups is 1. The molecule has 0 saturated heterocycles. The van der Waals surface area contributed by atoms with E-state index in [0.29, 0.717) is 6.42 Å². The van der Waals surface area contributed by atoms with Gasteiger partial charge in [-0.15, -0.1) is 0 Å². The lowest BCUT2D eigenvalue weighted by Crippen LogP contribution is -2.36. The Hall–Kier alpha value is -2.55. The molecule has 1 amide bonds. The van der Waals surface area contributed by atoms with E-state index in [1.54, 1.807) is 0 Å². The van der Waals surface area contributed by atoms with Crippen LogP contribution in [0.4, 0.5) is 5.69 Å². The highest BCUT2D eigenvalue weighted by molar-refractivity contribution is 6.00. The molecule has 2 aromatic carbocycles. The van der Waals surface area contributed by atoms with Gasteiger partial charge in [0.1, 0.15) is 0 Å². The second-order valence-electron chi connectivity index (χ2n) is 6.76. The van der Waals surface area contributed by atoms with Crippen molar-refractivity contribution >= 4 is 22.5 Å². The molecule has 122 valence electrons. The number of para-hydroxylation sites is 2. The molecule has 3 heteroatoms. The Balaban J connectivity index is 1.72. The molecule has 3 nitrogen and oxygen atoms in total. The molecule has 0 spiro atoms. The normalized spacial score (nSPS) is 16.6. The first-order valence-corrected chi connectivity index (χ1v) is 8.50. The number of hydrogen-bond donors (Lipinski definition) is 0. The molecule has 0 saturated carbocycles. The van der Waals surface area contributed by atoms with Crippen LogP contribution < -0.4 is 4.90 Å². The number of carbonyl (C=O) groups excluding carboxylic acids is 1. The van der Waals surface area contributed by atoms with Crippen molar-refractivity contribution in [3.8, 4) is 0 Å². The van der Waals surface area contributed by atoms with Crippen molar-refractivity contribution in [2.45, 2.75) is 32.7 Å². The minimum absolute atomic E-state index is 0.187. The number of aryl methyl sites for hydroxylation is 1. The molecule has 1 atom stereocenters. The van der Waals surface area contributed by atoms with Crippen LogP contribution in [0, 0.1) is 6.92 Å². The van der Waals surface area contributed by atoms with Gasteiger partial charge in [0.15, 0.2) is 0 Å². The molecule has 0 radical (unpaired) electrons. The van der Waals surface area contributed by atoms with E-state index >= 15 is 0 Å². The van der Waals surface area contributed by atoms with Gasteiger partial charge in [-0.3, -0.25) is 4.79 Å². The highest BCUT2D eigenvalue weighted by Gasteiger charge is 2.31. The monoisotopic (exact) mass is 318 g/mol. The Labute approximate surface area is 142 Å². The second kappa shape index (κ2) is 5.52. The van der Waals surface area contributed by atoms with E-state index in [1.165, 1.54) is 22.2 Å². The first-order valence-electron chi connectivity index (χ1n) is 8.50. The van der Waals surface area contributed by atoms with Crippen LogP contribution in [0.2, 0.25) is 0 Å². The zero-order chi connectivity index (χ0) is 16.8. The first kappa shape index (κ1) is 15.0. The van der Waals surface area contributed by atoms with Gasteiger partial charge in [0, 0.05) is 35.4 Å². The summed E-state index contributed by atoms with van der Waals surface area (Å²) in [6, 6.07) is 16.8. The van der Waals surface area contributed by atoms with Gasteiger partial charge < -0.3 is 9.47 Å². The zero-order valence-electron chi connectivity index (χ0n) is 14.4. The number of anilines is 1. The van der Waals surface area contributed by atoms with Crippen LogP contribution in [0.5, 0.6) is 0 Å². The van der Waals surface area contributed by atoms with Crippen LogP contribution in [0.25, 0.3) is 10.9 Å². The molecule has 0 N–H and O–H groups in total. The van der Waals surface area contributed by atoms with E-state index in [0.717, 1.165) is 17.7 Å². The zero-order valence-corrected chi connectivity index (χ0v) is 14.4. The average Bonchev–Trinajstić information content (AvgIpc) is 3.04. The summed E-state index contributed by atoms with van der Waals surface area (Å²) in [5.41, 5.74) is 5.85. The minimum Gasteiger partial charge on any atom is -0.348 e. The minimum atomic E-state index is 0.187. The molecule has 3 aromatic rings. The van der Waals surface area contributed by atoms with Gasteiger partial charge in [-0.05, 0) is 43.5 Å². The summed E-state index contributed by atoms with van der Waals surface area (Å²) in [6.07, 6.45) is 1.39. The van der Waals surface area contributed by atoms with Crippen molar-refractivity contribution in [2.75, 3.05) is 4.90 Å². The van der Waals surface area contributed by atoms with Crippen molar-refractivity contribution in [3.63, 3.8) is 0 Å². The fourth-order valence-corrected chi connectivity index (χ4v) is 4.00. The lowest BCUT2D eigenvalue weighted by molar-refractivity contribution is -0.118. The molecule has 4 rings (SSSR count). The molecule has 1 aromatic heterocycles. The maximum atomic E-state index is 13.1. The van der Waals surface area contributed by atoms with Crippen LogP contribution in [0.1, 0.15) is 23.7 Å². The molecular formula is C21H22N2O. The molecule has 0 aliphatic carbocycles. The van der Waals surface area contributed by atoms with Crippen molar-refractivity contribution in [1.82, 2.24) is 4.57 Å². The van der Waals surface area contributed by atoms with Gasteiger partial charge in [-0.25, -0.2) is 0 Å². The van der Waals surface area contributed by atoms with Crippen molar-refractivity contribution in [1.29, 1.82) is 0 Å². The first-order chi connectivity index (χ1) is 11.6. The summed E-state index contributed by atoms with van der Waals surface area (Å²) >= 11 is 0. The summed E-state index contributed by atoms with van der Waals surface area (Å²) in [6.45, 7) is 4.23. The SMILES string of the molecule is Cc1c(CC(=O)N2c3ccccc3CC2C)c2ccccc2n1C. The Morgan fingerprint density at radius 2 is 1.83 bits per heavy atom. The predicted molar refractivity (Wildman–Crippen MR) is 98.5 cm³/mol. The highest BCUT2D eigenvalue weighted by Crippen LogP contribution is 2.33. The van der Waals surface area contributed by atoms with Crippen LogP contribution in [0.3, 0.4) is 0 Å². The van der Waals surface area contributed by atoms with Crippen LogP contribution in [-0.2, 0) is 24.7 Å². The lowest BCUT2D eigenvalue weighted by Gasteiger charge is -2.23. The van der Waals surface area contributed by atoms with Gasteiger partial charge in [0.25, 0.3) is 0 Å². The van der Waals surface area contributed by atoms with Crippen LogP contribution in [-0.4, -0.2) is 16.5 Å². The number of fused-ring (bicyclic) bond motifs is 2. The summed E-state index contributed by atoms with van der Waals surface area (Å²) in [5.74, 6) is 0.187. The third kappa shape index (κ3) is 2.15. The Bertz CT molecular complexity index is 938. The quantitative estimate of drug-likeness (QED) is 0.701.